The fourth-order valence-electron chi connectivity index (χ4n) is 2.21. The Morgan fingerprint density at radius 2 is 1.92 bits per heavy atom. The molecule has 3 aromatic rings. The Kier molecular flexibility index (Phi) is 4.86. The lowest BCUT2D eigenvalue weighted by molar-refractivity contribution is 0.182. The first-order valence-electron chi connectivity index (χ1n) is 7.35. The highest BCUT2D eigenvalue weighted by atomic mass is 32.2. The van der Waals surface area contributed by atoms with Gasteiger partial charge in [0.2, 0.25) is 0 Å². The van der Waals surface area contributed by atoms with E-state index < -0.39 is 0 Å². The molecule has 2 aromatic heterocycles. The normalized spacial score (nSPS) is 11.0. The zero-order chi connectivity index (χ0) is 17.1. The zero-order valence-electron chi connectivity index (χ0n) is 14.1. The second kappa shape index (κ2) is 7.06. The Hall–Kier alpha value is -2.32. The Labute approximate surface area is 144 Å². The molecule has 0 amide bonds. The van der Waals surface area contributed by atoms with Gasteiger partial charge in [-0.05, 0) is 17.7 Å². The molecule has 0 saturated carbocycles. The monoisotopic (exact) mass is 345 g/mol. The highest BCUT2D eigenvalue weighted by Crippen LogP contribution is 2.27. The summed E-state index contributed by atoms with van der Waals surface area (Å²) in [5.74, 6) is 2.27. The van der Waals surface area contributed by atoms with Gasteiger partial charge < -0.3 is 9.30 Å². The van der Waals surface area contributed by atoms with Crippen LogP contribution in [0, 0.1) is 0 Å². The standard InChI is InChI=1S/C16H19N5O2S/c1-20-10-17-13-14(20)18-16(19-15(13)21(2)23-4)24-9-11-5-7-12(22-3)8-6-11/h5-8,10H,9H2,1-4H3. The third-order valence-corrected chi connectivity index (χ3v) is 4.54. The fraction of sp³-hybridized carbons (Fsp3) is 0.312. The molecule has 8 heteroatoms. The molecule has 7 nitrogen and oxygen atoms in total. The topological polar surface area (TPSA) is 65.3 Å². The molecule has 0 aliphatic carbocycles. The van der Waals surface area contributed by atoms with Crippen LogP contribution in [0.1, 0.15) is 5.56 Å². The first-order chi connectivity index (χ1) is 11.6. The summed E-state index contributed by atoms with van der Waals surface area (Å²) in [6, 6.07) is 7.98. The highest BCUT2D eigenvalue weighted by Gasteiger charge is 2.15. The Balaban J connectivity index is 1.86. The largest absolute Gasteiger partial charge is 0.497 e. The van der Waals surface area contributed by atoms with Gasteiger partial charge in [0.1, 0.15) is 5.75 Å². The van der Waals surface area contributed by atoms with E-state index in [1.807, 2.05) is 35.9 Å². The van der Waals surface area contributed by atoms with Crippen LogP contribution in [0.25, 0.3) is 11.2 Å². The third kappa shape index (κ3) is 3.29. The van der Waals surface area contributed by atoms with E-state index >= 15 is 0 Å². The lowest BCUT2D eigenvalue weighted by Gasteiger charge is -2.15. The van der Waals surface area contributed by atoms with Gasteiger partial charge in [0, 0.05) is 19.8 Å². The summed E-state index contributed by atoms with van der Waals surface area (Å²) in [4.78, 5) is 18.8. The predicted octanol–water partition coefficient (Wildman–Crippen LogP) is 2.66. The molecule has 0 bridgehead atoms. The number of hydrogen-bond donors (Lipinski definition) is 0. The number of thioether (sulfide) groups is 1. The Morgan fingerprint density at radius 3 is 2.58 bits per heavy atom. The molecule has 126 valence electrons. The highest BCUT2D eigenvalue weighted by molar-refractivity contribution is 7.98. The van der Waals surface area contributed by atoms with Gasteiger partial charge in [-0.1, -0.05) is 23.9 Å². The minimum Gasteiger partial charge on any atom is -0.497 e. The summed E-state index contributed by atoms with van der Waals surface area (Å²) in [5, 5.41) is 2.27. The molecule has 0 spiro atoms. The molecule has 0 aliphatic rings. The van der Waals surface area contributed by atoms with Gasteiger partial charge in [0.15, 0.2) is 22.1 Å². The van der Waals surface area contributed by atoms with Gasteiger partial charge >= 0.3 is 0 Å². The number of methoxy groups -OCH3 is 1. The van der Waals surface area contributed by atoms with Gasteiger partial charge in [0.25, 0.3) is 0 Å². The average Bonchev–Trinajstić information content (AvgIpc) is 3.00. The molecule has 3 rings (SSSR count). The summed E-state index contributed by atoms with van der Waals surface area (Å²) in [7, 11) is 6.97. The first kappa shape index (κ1) is 16.5. The number of hydrogen-bond acceptors (Lipinski definition) is 7. The van der Waals surface area contributed by atoms with Gasteiger partial charge in [-0.15, -0.1) is 0 Å². The molecule has 0 aliphatic heterocycles. The molecular weight excluding hydrogens is 326 g/mol. The summed E-state index contributed by atoms with van der Waals surface area (Å²) in [6.45, 7) is 0. The number of hydroxylamine groups is 1. The maximum Gasteiger partial charge on any atom is 0.192 e. The molecule has 1 aromatic carbocycles. The summed E-state index contributed by atoms with van der Waals surface area (Å²) in [6.07, 6.45) is 1.73. The number of imidazole rings is 1. The molecule has 0 N–H and O–H groups in total. The Bertz CT molecular complexity index is 834. The average molecular weight is 345 g/mol. The van der Waals surface area contributed by atoms with Crippen molar-refractivity contribution in [1.29, 1.82) is 0 Å². The van der Waals surface area contributed by atoms with Gasteiger partial charge in [-0.2, -0.15) is 0 Å². The number of fused-ring (bicyclic) bond motifs is 1. The van der Waals surface area contributed by atoms with E-state index in [-0.39, 0.29) is 0 Å². The molecular formula is C16H19N5O2S. The minimum atomic E-state index is 0.653. The number of aromatic nitrogens is 4. The number of ether oxygens (including phenoxy) is 1. The molecule has 24 heavy (non-hydrogen) atoms. The van der Waals surface area contributed by atoms with E-state index in [1.54, 1.807) is 44.4 Å². The van der Waals surface area contributed by atoms with E-state index in [9.17, 15) is 0 Å². The van der Waals surface area contributed by atoms with Crippen LogP contribution in [-0.4, -0.2) is 40.8 Å². The summed E-state index contributed by atoms with van der Waals surface area (Å²) < 4.78 is 7.05. The van der Waals surface area contributed by atoms with Crippen molar-refractivity contribution < 1.29 is 9.57 Å². The second-order valence-electron chi connectivity index (χ2n) is 5.17. The van der Waals surface area contributed by atoms with Crippen LogP contribution in [0.2, 0.25) is 0 Å². The van der Waals surface area contributed by atoms with Crippen LogP contribution in [0.4, 0.5) is 5.82 Å². The van der Waals surface area contributed by atoms with Crippen molar-refractivity contribution >= 4 is 28.7 Å². The van der Waals surface area contributed by atoms with E-state index in [0.717, 1.165) is 22.7 Å². The zero-order valence-corrected chi connectivity index (χ0v) is 14.9. The van der Waals surface area contributed by atoms with Crippen molar-refractivity contribution in [2.45, 2.75) is 10.9 Å². The molecule has 0 saturated heterocycles. The van der Waals surface area contributed by atoms with Crippen LogP contribution in [0.15, 0.2) is 35.7 Å². The third-order valence-electron chi connectivity index (χ3n) is 3.62. The van der Waals surface area contributed by atoms with Crippen LogP contribution in [0.5, 0.6) is 5.75 Å². The van der Waals surface area contributed by atoms with Crippen LogP contribution >= 0.6 is 11.8 Å². The van der Waals surface area contributed by atoms with Crippen molar-refractivity contribution in [3.63, 3.8) is 0 Å². The number of benzene rings is 1. The first-order valence-corrected chi connectivity index (χ1v) is 8.33. The summed E-state index contributed by atoms with van der Waals surface area (Å²) >= 11 is 1.57. The fourth-order valence-corrected chi connectivity index (χ4v) is 3.00. The molecule has 0 fully saturated rings. The smallest absolute Gasteiger partial charge is 0.192 e. The van der Waals surface area contributed by atoms with Crippen LogP contribution in [-0.2, 0) is 17.6 Å². The van der Waals surface area contributed by atoms with Gasteiger partial charge in [-0.25, -0.2) is 20.0 Å². The molecule has 0 unspecified atom stereocenters. The number of rotatable bonds is 6. The van der Waals surface area contributed by atoms with Crippen LogP contribution in [0.3, 0.4) is 0 Å². The number of aryl methyl sites for hydroxylation is 1. The second-order valence-corrected chi connectivity index (χ2v) is 6.12. The van der Waals surface area contributed by atoms with Gasteiger partial charge in [-0.3, -0.25) is 4.84 Å². The molecule has 2 heterocycles. The maximum atomic E-state index is 5.27. The van der Waals surface area contributed by atoms with E-state index in [0.29, 0.717) is 11.0 Å². The van der Waals surface area contributed by atoms with Crippen molar-refractivity contribution in [2.75, 3.05) is 26.3 Å². The van der Waals surface area contributed by atoms with E-state index in [2.05, 4.69) is 15.0 Å². The van der Waals surface area contributed by atoms with Crippen molar-refractivity contribution in [2.24, 2.45) is 7.05 Å². The van der Waals surface area contributed by atoms with E-state index in [4.69, 9.17) is 9.57 Å². The van der Waals surface area contributed by atoms with Crippen molar-refractivity contribution in [3.05, 3.63) is 36.2 Å². The minimum absolute atomic E-state index is 0.653. The SMILES string of the molecule is COc1ccc(CSc2nc(N(C)OC)c3ncn(C)c3n2)cc1. The molecule has 0 atom stereocenters. The van der Waals surface area contributed by atoms with Crippen molar-refractivity contribution in [3.8, 4) is 5.75 Å². The quantitative estimate of drug-likeness (QED) is 0.386. The Morgan fingerprint density at radius 1 is 1.17 bits per heavy atom. The number of nitrogens with zero attached hydrogens (tertiary/aromatic N) is 5. The van der Waals surface area contributed by atoms with E-state index in [1.165, 1.54) is 5.56 Å². The molecule has 0 radical (unpaired) electrons. The lowest BCUT2D eigenvalue weighted by atomic mass is 10.2. The predicted molar refractivity (Wildman–Crippen MR) is 94.3 cm³/mol. The van der Waals surface area contributed by atoms with Crippen molar-refractivity contribution in [1.82, 2.24) is 19.5 Å². The van der Waals surface area contributed by atoms with Crippen LogP contribution < -0.4 is 9.80 Å². The maximum absolute atomic E-state index is 5.27. The summed E-state index contributed by atoms with van der Waals surface area (Å²) in [5.41, 5.74) is 2.67. The number of anilines is 1. The lowest BCUT2D eigenvalue weighted by Crippen LogP contribution is -2.17. The van der Waals surface area contributed by atoms with Gasteiger partial charge in [0.05, 0.1) is 20.5 Å².